The van der Waals surface area contributed by atoms with Crippen LogP contribution in [-0.4, -0.2) is 76.5 Å². The number of rotatable bonds is 4. The van der Waals surface area contributed by atoms with Crippen molar-refractivity contribution in [2.24, 2.45) is 7.05 Å². The van der Waals surface area contributed by atoms with Gasteiger partial charge >= 0.3 is 6.03 Å². The van der Waals surface area contributed by atoms with Crippen LogP contribution < -0.4 is 5.32 Å². The average molecular weight is 439 g/mol. The molecule has 3 amide bonds. The summed E-state index contributed by atoms with van der Waals surface area (Å²) in [6.45, 7) is 3.31. The van der Waals surface area contributed by atoms with Crippen LogP contribution in [0.3, 0.4) is 0 Å². The standard InChI is InChI=1S/C23H27FN6O2/c1-27(2)22(31)16-4-9-20-19(14-16)26-21(28(20)3)15-29-10-12-30(13-11-29)23(32)25-18-7-5-17(24)6-8-18/h4-9,14H,10-13,15H2,1-3H3,(H,25,32). The monoisotopic (exact) mass is 438 g/mol. The molecule has 1 aliphatic rings. The lowest BCUT2D eigenvalue weighted by atomic mass is 10.2. The maximum Gasteiger partial charge on any atom is 0.321 e. The lowest BCUT2D eigenvalue weighted by Crippen LogP contribution is -2.49. The maximum atomic E-state index is 13.0. The fourth-order valence-corrected chi connectivity index (χ4v) is 3.83. The molecule has 1 saturated heterocycles. The van der Waals surface area contributed by atoms with Gasteiger partial charge in [-0.1, -0.05) is 0 Å². The van der Waals surface area contributed by atoms with Gasteiger partial charge in [0, 0.05) is 58.6 Å². The number of nitrogens with zero attached hydrogens (tertiary/aromatic N) is 5. The van der Waals surface area contributed by atoms with Gasteiger partial charge in [-0.05, 0) is 42.5 Å². The van der Waals surface area contributed by atoms with Gasteiger partial charge in [0.1, 0.15) is 11.6 Å². The number of nitrogens with one attached hydrogen (secondary N) is 1. The number of carbonyl (C=O) groups excluding carboxylic acids is 2. The number of hydrogen-bond donors (Lipinski definition) is 1. The summed E-state index contributed by atoms with van der Waals surface area (Å²) in [6, 6.07) is 11.2. The van der Waals surface area contributed by atoms with Crippen molar-refractivity contribution in [2.75, 3.05) is 45.6 Å². The van der Waals surface area contributed by atoms with E-state index in [2.05, 4.69) is 10.2 Å². The first kappa shape index (κ1) is 21.8. The molecule has 4 rings (SSSR count). The predicted octanol–water partition coefficient (Wildman–Crippen LogP) is 2.76. The fourth-order valence-electron chi connectivity index (χ4n) is 3.83. The molecular formula is C23H27FN6O2. The van der Waals surface area contributed by atoms with E-state index in [9.17, 15) is 14.0 Å². The molecule has 8 nitrogen and oxygen atoms in total. The van der Waals surface area contributed by atoms with E-state index in [0.29, 0.717) is 30.9 Å². The summed E-state index contributed by atoms with van der Waals surface area (Å²) >= 11 is 0. The Morgan fingerprint density at radius 2 is 1.75 bits per heavy atom. The third kappa shape index (κ3) is 4.57. The fraction of sp³-hybridized carbons (Fsp3) is 0.348. The molecule has 32 heavy (non-hydrogen) atoms. The van der Waals surface area contributed by atoms with Crippen LogP contribution in [0.25, 0.3) is 11.0 Å². The molecular weight excluding hydrogens is 411 g/mol. The van der Waals surface area contributed by atoms with Gasteiger partial charge in [0.2, 0.25) is 0 Å². The van der Waals surface area contributed by atoms with Gasteiger partial charge in [0.05, 0.1) is 17.6 Å². The number of amides is 3. The lowest BCUT2D eigenvalue weighted by Gasteiger charge is -2.34. The molecule has 0 unspecified atom stereocenters. The Hall–Kier alpha value is -3.46. The quantitative estimate of drug-likeness (QED) is 0.680. The smallest absolute Gasteiger partial charge is 0.321 e. The minimum atomic E-state index is -0.334. The van der Waals surface area contributed by atoms with Crippen LogP contribution in [0.5, 0.6) is 0 Å². The molecule has 0 aliphatic carbocycles. The van der Waals surface area contributed by atoms with Crippen LogP contribution in [0.1, 0.15) is 16.2 Å². The highest BCUT2D eigenvalue weighted by molar-refractivity contribution is 5.97. The van der Waals surface area contributed by atoms with Crippen LogP contribution in [0.4, 0.5) is 14.9 Å². The van der Waals surface area contributed by atoms with Crippen LogP contribution in [-0.2, 0) is 13.6 Å². The zero-order valence-electron chi connectivity index (χ0n) is 18.5. The average Bonchev–Trinajstić information content (AvgIpc) is 3.09. The van der Waals surface area contributed by atoms with Gasteiger partial charge in [-0.2, -0.15) is 0 Å². The number of aryl methyl sites for hydroxylation is 1. The highest BCUT2D eigenvalue weighted by atomic mass is 19.1. The first-order chi connectivity index (χ1) is 15.3. The third-order valence-corrected chi connectivity index (χ3v) is 5.75. The second-order valence-corrected chi connectivity index (χ2v) is 8.19. The van der Waals surface area contributed by atoms with Gasteiger partial charge in [0.25, 0.3) is 5.91 Å². The van der Waals surface area contributed by atoms with E-state index < -0.39 is 0 Å². The summed E-state index contributed by atoms with van der Waals surface area (Å²) in [7, 11) is 5.44. The van der Waals surface area contributed by atoms with E-state index in [4.69, 9.17) is 4.98 Å². The Morgan fingerprint density at radius 3 is 2.41 bits per heavy atom. The van der Waals surface area contributed by atoms with Gasteiger partial charge < -0.3 is 19.7 Å². The highest BCUT2D eigenvalue weighted by Crippen LogP contribution is 2.19. The molecule has 2 aromatic carbocycles. The van der Waals surface area contributed by atoms with Crippen LogP contribution in [0.2, 0.25) is 0 Å². The number of hydrogen-bond acceptors (Lipinski definition) is 4. The summed E-state index contributed by atoms with van der Waals surface area (Å²) in [5.41, 5.74) is 2.97. The Bertz CT molecular complexity index is 1130. The van der Waals surface area contributed by atoms with E-state index in [1.54, 1.807) is 36.0 Å². The normalized spacial score (nSPS) is 14.6. The largest absolute Gasteiger partial charge is 0.345 e. The van der Waals surface area contributed by atoms with Crippen molar-refractivity contribution in [3.05, 3.63) is 59.7 Å². The number of urea groups is 1. The van der Waals surface area contributed by atoms with E-state index in [1.165, 1.54) is 12.1 Å². The Morgan fingerprint density at radius 1 is 1.06 bits per heavy atom. The summed E-state index contributed by atoms with van der Waals surface area (Å²) in [5, 5.41) is 2.81. The molecule has 3 aromatic rings. The number of anilines is 1. The van der Waals surface area contributed by atoms with Gasteiger partial charge in [-0.3, -0.25) is 9.69 Å². The number of imidazole rings is 1. The number of aromatic nitrogens is 2. The second-order valence-electron chi connectivity index (χ2n) is 8.19. The number of fused-ring (bicyclic) bond motifs is 1. The third-order valence-electron chi connectivity index (χ3n) is 5.75. The molecule has 2 heterocycles. The van der Waals surface area contributed by atoms with Gasteiger partial charge in [-0.25, -0.2) is 14.2 Å². The first-order valence-corrected chi connectivity index (χ1v) is 10.5. The summed E-state index contributed by atoms with van der Waals surface area (Å²) in [6.07, 6.45) is 0. The minimum Gasteiger partial charge on any atom is -0.345 e. The number of carbonyl (C=O) groups is 2. The summed E-state index contributed by atoms with van der Waals surface area (Å²) < 4.78 is 15.1. The summed E-state index contributed by atoms with van der Waals surface area (Å²) in [4.78, 5) is 35.0. The van der Waals surface area contributed by atoms with Crippen molar-refractivity contribution < 1.29 is 14.0 Å². The molecule has 1 aromatic heterocycles. The van der Waals surface area contributed by atoms with Crippen LogP contribution in [0, 0.1) is 5.82 Å². The van der Waals surface area contributed by atoms with Gasteiger partial charge in [-0.15, -0.1) is 0 Å². The number of benzene rings is 2. The molecule has 0 spiro atoms. The van der Waals surface area contributed by atoms with Crippen molar-refractivity contribution in [3.63, 3.8) is 0 Å². The Balaban J connectivity index is 1.37. The zero-order chi connectivity index (χ0) is 22.8. The molecule has 1 aliphatic heterocycles. The second kappa shape index (κ2) is 8.96. The molecule has 0 bridgehead atoms. The van der Waals surface area contributed by atoms with Crippen molar-refractivity contribution in [1.82, 2.24) is 24.3 Å². The molecule has 1 fully saturated rings. The van der Waals surface area contributed by atoms with Crippen molar-refractivity contribution >= 4 is 28.7 Å². The number of piperazine rings is 1. The predicted molar refractivity (Wildman–Crippen MR) is 121 cm³/mol. The molecule has 0 atom stereocenters. The van der Waals surface area contributed by atoms with Gasteiger partial charge in [0.15, 0.2) is 0 Å². The summed E-state index contributed by atoms with van der Waals surface area (Å²) in [5.74, 6) is 0.534. The molecule has 0 radical (unpaired) electrons. The Labute approximate surface area is 186 Å². The molecule has 0 saturated carbocycles. The topological polar surface area (TPSA) is 73.7 Å². The SMILES string of the molecule is CN(C)C(=O)c1ccc2c(c1)nc(CN1CCN(C(=O)Nc3ccc(F)cc3)CC1)n2C. The van der Waals surface area contributed by atoms with E-state index >= 15 is 0 Å². The van der Waals surface area contributed by atoms with E-state index in [1.807, 2.05) is 29.8 Å². The van der Waals surface area contributed by atoms with Crippen LogP contribution in [0.15, 0.2) is 42.5 Å². The Kier molecular flexibility index (Phi) is 6.09. The molecule has 9 heteroatoms. The van der Waals surface area contributed by atoms with E-state index in [-0.39, 0.29) is 17.8 Å². The number of halogens is 1. The molecule has 1 N–H and O–H groups in total. The van der Waals surface area contributed by atoms with Crippen molar-refractivity contribution in [2.45, 2.75) is 6.54 Å². The minimum absolute atomic E-state index is 0.0471. The first-order valence-electron chi connectivity index (χ1n) is 10.5. The van der Waals surface area contributed by atoms with Crippen molar-refractivity contribution in [1.29, 1.82) is 0 Å². The zero-order valence-corrected chi connectivity index (χ0v) is 18.5. The molecule has 168 valence electrons. The lowest BCUT2D eigenvalue weighted by molar-refractivity contribution is 0.0827. The maximum absolute atomic E-state index is 13.0. The highest BCUT2D eigenvalue weighted by Gasteiger charge is 2.23. The van der Waals surface area contributed by atoms with Crippen molar-refractivity contribution in [3.8, 4) is 0 Å². The van der Waals surface area contributed by atoms with Crippen LogP contribution >= 0.6 is 0 Å². The van der Waals surface area contributed by atoms with E-state index in [0.717, 1.165) is 29.9 Å².